The average molecular weight is 264 g/mol. The quantitative estimate of drug-likeness (QED) is 0.467. The van der Waals surface area contributed by atoms with Gasteiger partial charge in [-0.2, -0.15) is 0 Å². The summed E-state index contributed by atoms with van der Waals surface area (Å²) in [6.07, 6.45) is 0. The van der Waals surface area contributed by atoms with Crippen molar-refractivity contribution in [2.24, 2.45) is 0 Å². The normalized spacial score (nSPS) is 10.5. The Hall–Kier alpha value is -1.88. The molecule has 0 aromatic heterocycles. The second-order valence-corrected chi connectivity index (χ2v) is 4.83. The van der Waals surface area contributed by atoms with Gasteiger partial charge in [0, 0.05) is 30.3 Å². The van der Waals surface area contributed by atoms with Crippen LogP contribution in [0.3, 0.4) is 0 Å². The predicted molar refractivity (Wildman–Crippen MR) is 75.4 cm³/mol. The minimum absolute atomic E-state index is 0.0724. The number of rotatable bonds is 7. The summed E-state index contributed by atoms with van der Waals surface area (Å²) in [6, 6.07) is 4.93. The molecule has 0 amide bonds. The molecule has 0 unspecified atom stereocenters. The lowest BCUT2D eigenvalue weighted by Crippen LogP contribution is -2.22. The van der Waals surface area contributed by atoms with Crippen LogP contribution in [0.1, 0.15) is 26.3 Å². The van der Waals surface area contributed by atoms with E-state index in [1.807, 2.05) is 20.8 Å². The zero-order valence-electron chi connectivity index (χ0n) is 11.6. The number of benzene rings is 1. The van der Waals surface area contributed by atoms with Crippen LogP contribution < -0.4 is 10.1 Å². The van der Waals surface area contributed by atoms with Gasteiger partial charge in [0.05, 0.1) is 4.92 Å². The predicted octanol–water partition coefficient (Wildman–Crippen LogP) is 3.05. The van der Waals surface area contributed by atoms with E-state index in [0.29, 0.717) is 24.9 Å². The van der Waals surface area contributed by atoms with Crippen LogP contribution in [0.5, 0.6) is 5.75 Å². The lowest BCUT2D eigenvalue weighted by atomic mass is 10.1. The van der Waals surface area contributed by atoms with Gasteiger partial charge in [-0.1, -0.05) is 20.4 Å². The van der Waals surface area contributed by atoms with Crippen molar-refractivity contribution in [1.82, 2.24) is 5.32 Å². The van der Waals surface area contributed by atoms with Gasteiger partial charge >= 0.3 is 0 Å². The largest absolute Gasteiger partial charge is 0.489 e. The molecule has 1 aromatic rings. The third kappa shape index (κ3) is 5.09. The molecule has 0 aliphatic carbocycles. The first-order chi connectivity index (χ1) is 8.90. The molecule has 104 valence electrons. The highest BCUT2D eigenvalue weighted by Gasteiger charge is 2.12. The number of hydrogen-bond donors (Lipinski definition) is 1. The van der Waals surface area contributed by atoms with E-state index in [9.17, 15) is 10.1 Å². The van der Waals surface area contributed by atoms with Gasteiger partial charge in [0.2, 0.25) is 0 Å². The number of ether oxygens (including phenoxy) is 1. The van der Waals surface area contributed by atoms with Crippen LogP contribution in [0.2, 0.25) is 0 Å². The summed E-state index contributed by atoms with van der Waals surface area (Å²) in [6.45, 7) is 10.6. The zero-order chi connectivity index (χ0) is 14.4. The molecule has 1 N–H and O–H groups in total. The molecule has 0 heterocycles. The van der Waals surface area contributed by atoms with Crippen LogP contribution in [0.4, 0.5) is 5.69 Å². The molecular weight excluding hydrogens is 244 g/mol. The molecule has 0 spiro atoms. The summed E-state index contributed by atoms with van der Waals surface area (Å²) in [5.41, 5.74) is 1.76. The van der Waals surface area contributed by atoms with Gasteiger partial charge in [0.1, 0.15) is 12.4 Å². The average Bonchev–Trinajstić information content (AvgIpc) is 2.33. The van der Waals surface area contributed by atoms with Gasteiger partial charge in [-0.25, -0.2) is 0 Å². The third-order valence-corrected chi connectivity index (χ3v) is 2.43. The van der Waals surface area contributed by atoms with E-state index in [1.54, 1.807) is 12.1 Å². The Balaban J connectivity index is 2.93. The third-order valence-electron chi connectivity index (χ3n) is 2.43. The van der Waals surface area contributed by atoms with E-state index < -0.39 is 4.92 Å². The molecule has 5 heteroatoms. The number of nitro benzene ring substituents is 1. The van der Waals surface area contributed by atoms with Crippen LogP contribution in [0, 0.1) is 10.1 Å². The SMILES string of the molecule is C=C(C)COc1ccc([N+](=O)[O-])cc1CNC(C)C. The Morgan fingerprint density at radius 2 is 2.21 bits per heavy atom. The Labute approximate surface area is 113 Å². The zero-order valence-corrected chi connectivity index (χ0v) is 11.6. The summed E-state index contributed by atoms with van der Waals surface area (Å²) < 4.78 is 5.60. The molecule has 0 saturated heterocycles. The number of hydrogen-bond acceptors (Lipinski definition) is 4. The molecule has 0 aliphatic rings. The summed E-state index contributed by atoms with van der Waals surface area (Å²) in [7, 11) is 0. The van der Waals surface area contributed by atoms with Crippen molar-refractivity contribution >= 4 is 5.69 Å². The van der Waals surface area contributed by atoms with Crippen molar-refractivity contribution in [3.8, 4) is 5.75 Å². The van der Waals surface area contributed by atoms with E-state index >= 15 is 0 Å². The Bertz CT molecular complexity index is 470. The molecule has 5 nitrogen and oxygen atoms in total. The first-order valence-corrected chi connectivity index (χ1v) is 6.18. The van der Waals surface area contributed by atoms with Crippen molar-refractivity contribution in [3.05, 3.63) is 46.0 Å². The monoisotopic (exact) mass is 264 g/mol. The van der Waals surface area contributed by atoms with Gasteiger partial charge in [-0.05, 0) is 18.6 Å². The molecule has 1 aromatic carbocycles. The van der Waals surface area contributed by atoms with E-state index in [-0.39, 0.29) is 5.69 Å². The molecule has 0 fully saturated rings. The first-order valence-electron chi connectivity index (χ1n) is 6.18. The van der Waals surface area contributed by atoms with Crippen LogP contribution in [-0.4, -0.2) is 17.6 Å². The molecule has 19 heavy (non-hydrogen) atoms. The van der Waals surface area contributed by atoms with Gasteiger partial charge in [0.15, 0.2) is 0 Å². The lowest BCUT2D eigenvalue weighted by molar-refractivity contribution is -0.384. The minimum Gasteiger partial charge on any atom is -0.489 e. The summed E-state index contributed by atoms with van der Waals surface area (Å²) >= 11 is 0. The Morgan fingerprint density at radius 3 is 2.74 bits per heavy atom. The number of nitrogens with zero attached hydrogens (tertiary/aromatic N) is 1. The van der Waals surface area contributed by atoms with Gasteiger partial charge < -0.3 is 10.1 Å². The molecule has 0 atom stereocenters. The van der Waals surface area contributed by atoms with Crippen LogP contribution in [-0.2, 0) is 6.54 Å². The summed E-state index contributed by atoms with van der Waals surface area (Å²) in [4.78, 5) is 10.4. The smallest absolute Gasteiger partial charge is 0.270 e. The van der Waals surface area contributed by atoms with Gasteiger partial charge in [-0.15, -0.1) is 0 Å². The number of nitrogens with one attached hydrogen (secondary N) is 1. The van der Waals surface area contributed by atoms with Crippen LogP contribution in [0.15, 0.2) is 30.4 Å². The van der Waals surface area contributed by atoms with Crippen molar-refractivity contribution in [3.63, 3.8) is 0 Å². The second kappa shape index (κ2) is 6.89. The lowest BCUT2D eigenvalue weighted by Gasteiger charge is -2.13. The minimum atomic E-state index is -0.401. The van der Waals surface area contributed by atoms with E-state index in [0.717, 1.165) is 11.1 Å². The molecule has 0 aliphatic heterocycles. The van der Waals surface area contributed by atoms with Crippen molar-refractivity contribution < 1.29 is 9.66 Å². The van der Waals surface area contributed by atoms with Crippen molar-refractivity contribution in [2.45, 2.75) is 33.4 Å². The number of nitro groups is 1. The van der Waals surface area contributed by atoms with Gasteiger partial charge in [-0.3, -0.25) is 10.1 Å². The van der Waals surface area contributed by atoms with Crippen LogP contribution in [0.25, 0.3) is 0 Å². The van der Waals surface area contributed by atoms with E-state index in [2.05, 4.69) is 11.9 Å². The van der Waals surface area contributed by atoms with E-state index in [4.69, 9.17) is 4.74 Å². The fraction of sp³-hybridized carbons (Fsp3) is 0.429. The van der Waals surface area contributed by atoms with E-state index in [1.165, 1.54) is 6.07 Å². The second-order valence-electron chi connectivity index (χ2n) is 4.83. The fourth-order valence-corrected chi connectivity index (χ4v) is 1.47. The summed E-state index contributed by atoms with van der Waals surface area (Å²) in [5.74, 6) is 0.654. The Kier molecular flexibility index (Phi) is 5.51. The van der Waals surface area contributed by atoms with Crippen LogP contribution >= 0.6 is 0 Å². The van der Waals surface area contributed by atoms with Gasteiger partial charge in [0.25, 0.3) is 5.69 Å². The molecule has 1 rings (SSSR count). The standard InChI is InChI=1S/C14H20N2O3/c1-10(2)9-19-14-6-5-13(16(17)18)7-12(14)8-15-11(3)4/h5-7,11,15H,1,8-9H2,2-4H3. The fourth-order valence-electron chi connectivity index (χ4n) is 1.47. The maximum absolute atomic E-state index is 10.8. The summed E-state index contributed by atoms with van der Waals surface area (Å²) in [5, 5.41) is 14.0. The molecule has 0 bridgehead atoms. The highest BCUT2D eigenvalue weighted by atomic mass is 16.6. The molecular formula is C14H20N2O3. The topological polar surface area (TPSA) is 64.4 Å². The molecule has 0 saturated carbocycles. The maximum Gasteiger partial charge on any atom is 0.270 e. The maximum atomic E-state index is 10.8. The first kappa shape index (κ1) is 15.2. The molecule has 0 radical (unpaired) electrons. The van der Waals surface area contributed by atoms with Crippen molar-refractivity contribution in [2.75, 3.05) is 6.61 Å². The highest BCUT2D eigenvalue weighted by Crippen LogP contribution is 2.24. The highest BCUT2D eigenvalue weighted by molar-refractivity contribution is 5.44. The Morgan fingerprint density at radius 1 is 1.53 bits per heavy atom. The number of non-ortho nitro benzene ring substituents is 1. The van der Waals surface area contributed by atoms with Crippen molar-refractivity contribution in [1.29, 1.82) is 0 Å².